The van der Waals surface area contributed by atoms with E-state index in [9.17, 15) is 4.79 Å². The molecule has 0 aliphatic heterocycles. The minimum Gasteiger partial charge on any atom is -0.497 e. The quantitative estimate of drug-likeness (QED) is 0.670. The van der Waals surface area contributed by atoms with Crippen molar-refractivity contribution in [1.29, 1.82) is 0 Å². The number of nitrogens with zero attached hydrogens (tertiary/aromatic N) is 1. The number of carbonyl (C=O) groups is 1. The highest BCUT2D eigenvalue weighted by Crippen LogP contribution is 2.24. The van der Waals surface area contributed by atoms with Gasteiger partial charge >= 0.3 is 0 Å². The zero-order chi connectivity index (χ0) is 19.2. The number of amides is 1. The van der Waals surface area contributed by atoms with Crippen LogP contribution in [0.1, 0.15) is 16.1 Å². The molecule has 0 saturated heterocycles. The predicted octanol–water partition coefficient (Wildman–Crippen LogP) is 3.03. The molecule has 7 heteroatoms. The van der Waals surface area contributed by atoms with Gasteiger partial charge in [0.25, 0.3) is 5.91 Å². The Morgan fingerprint density at radius 3 is 2.33 bits per heavy atom. The first kappa shape index (κ1) is 18.3. The van der Waals surface area contributed by atoms with Crippen molar-refractivity contribution in [2.24, 2.45) is 0 Å². The lowest BCUT2D eigenvalue weighted by molar-refractivity contribution is 0.0945. The van der Waals surface area contributed by atoms with Gasteiger partial charge in [-0.1, -0.05) is 0 Å². The Kier molecular flexibility index (Phi) is 5.61. The Morgan fingerprint density at radius 1 is 0.963 bits per heavy atom. The minimum absolute atomic E-state index is 0.257. The molecule has 2 N–H and O–H groups in total. The molecule has 7 nitrogen and oxygen atoms in total. The molecule has 0 aliphatic rings. The Hall–Kier alpha value is -3.48. The maximum atomic E-state index is 12.4. The molecule has 0 atom stereocenters. The van der Waals surface area contributed by atoms with Gasteiger partial charge in [0.2, 0.25) is 0 Å². The number of nitrogens with one attached hydrogen (secondary N) is 2. The molecule has 3 aromatic rings. The van der Waals surface area contributed by atoms with E-state index >= 15 is 0 Å². The molecule has 1 aromatic heterocycles. The van der Waals surface area contributed by atoms with Crippen molar-refractivity contribution < 1.29 is 19.0 Å². The summed E-state index contributed by atoms with van der Waals surface area (Å²) in [5.74, 6) is 1.88. The van der Waals surface area contributed by atoms with Crippen LogP contribution in [0, 0.1) is 0 Å². The second-order valence-corrected chi connectivity index (χ2v) is 5.76. The lowest BCUT2D eigenvalue weighted by Crippen LogP contribution is -2.23. The lowest BCUT2D eigenvalue weighted by atomic mass is 10.1. The number of H-pyrrole nitrogens is 1. The number of aromatic amines is 1. The summed E-state index contributed by atoms with van der Waals surface area (Å²) in [4.78, 5) is 12.4. The summed E-state index contributed by atoms with van der Waals surface area (Å²) in [5.41, 5.74) is 2.77. The summed E-state index contributed by atoms with van der Waals surface area (Å²) in [7, 11) is 4.79. The van der Waals surface area contributed by atoms with E-state index in [1.807, 2.05) is 30.3 Å². The van der Waals surface area contributed by atoms with Gasteiger partial charge in [0, 0.05) is 17.7 Å². The molecule has 0 saturated carbocycles. The van der Waals surface area contributed by atoms with Gasteiger partial charge in [0.15, 0.2) is 0 Å². The van der Waals surface area contributed by atoms with Crippen LogP contribution in [0.2, 0.25) is 0 Å². The molecule has 1 heterocycles. The zero-order valence-corrected chi connectivity index (χ0v) is 15.4. The zero-order valence-electron chi connectivity index (χ0n) is 15.4. The van der Waals surface area contributed by atoms with Gasteiger partial charge < -0.3 is 19.5 Å². The highest BCUT2D eigenvalue weighted by atomic mass is 16.5. The van der Waals surface area contributed by atoms with Crippen LogP contribution in [0.5, 0.6) is 17.2 Å². The van der Waals surface area contributed by atoms with E-state index in [2.05, 4.69) is 15.5 Å². The Bertz CT molecular complexity index is 919. The van der Waals surface area contributed by atoms with Gasteiger partial charge in [0.05, 0.1) is 27.0 Å². The number of aromatic nitrogens is 2. The van der Waals surface area contributed by atoms with E-state index in [4.69, 9.17) is 14.2 Å². The summed E-state index contributed by atoms with van der Waals surface area (Å²) in [6, 6.07) is 14.6. The van der Waals surface area contributed by atoms with E-state index in [1.54, 1.807) is 39.5 Å². The number of hydrogen-bond donors (Lipinski definition) is 2. The van der Waals surface area contributed by atoms with Crippen molar-refractivity contribution >= 4 is 5.91 Å². The first-order valence-electron chi connectivity index (χ1n) is 8.33. The number of ether oxygens (including phenoxy) is 3. The molecule has 27 heavy (non-hydrogen) atoms. The van der Waals surface area contributed by atoms with Crippen LogP contribution >= 0.6 is 0 Å². The van der Waals surface area contributed by atoms with Gasteiger partial charge in [-0.3, -0.25) is 9.89 Å². The number of rotatable bonds is 7. The first-order chi connectivity index (χ1) is 13.1. The third-order valence-electron chi connectivity index (χ3n) is 4.14. The van der Waals surface area contributed by atoms with Crippen LogP contribution < -0.4 is 19.5 Å². The molecule has 0 spiro atoms. The summed E-state index contributed by atoms with van der Waals surface area (Å²) >= 11 is 0. The van der Waals surface area contributed by atoms with Crippen molar-refractivity contribution in [3.8, 4) is 28.5 Å². The first-order valence-corrected chi connectivity index (χ1v) is 8.33. The minimum atomic E-state index is -0.257. The standard InChI is InChI=1S/C20H21N3O4/c1-25-15-6-4-13(5-7-15)17-11-18(23-22-17)20(24)21-12-14-10-16(26-2)8-9-19(14)27-3/h4-11H,12H2,1-3H3,(H,21,24)(H,22,23). The van der Waals surface area contributed by atoms with Crippen molar-refractivity contribution in [3.05, 3.63) is 59.8 Å². The third kappa shape index (κ3) is 4.20. The average Bonchev–Trinajstić information content (AvgIpc) is 3.22. The van der Waals surface area contributed by atoms with Crippen LogP contribution in [0.25, 0.3) is 11.3 Å². The maximum absolute atomic E-state index is 12.4. The third-order valence-corrected chi connectivity index (χ3v) is 4.14. The molecular weight excluding hydrogens is 346 g/mol. The van der Waals surface area contributed by atoms with E-state index in [0.717, 1.165) is 16.9 Å². The number of hydrogen-bond acceptors (Lipinski definition) is 5. The molecule has 1 amide bonds. The average molecular weight is 367 g/mol. The van der Waals surface area contributed by atoms with Crippen LogP contribution in [-0.2, 0) is 6.54 Å². The van der Waals surface area contributed by atoms with E-state index in [0.29, 0.717) is 29.4 Å². The molecule has 0 radical (unpaired) electrons. The van der Waals surface area contributed by atoms with Gasteiger partial charge in [-0.05, 0) is 48.5 Å². The van der Waals surface area contributed by atoms with E-state index in [-0.39, 0.29) is 5.91 Å². The van der Waals surface area contributed by atoms with Gasteiger partial charge in [-0.25, -0.2) is 0 Å². The summed E-state index contributed by atoms with van der Waals surface area (Å²) < 4.78 is 15.7. The smallest absolute Gasteiger partial charge is 0.269 e. The van der Waals surface area contributed by atoms with Crippen molar-refractivity contribution in [2.45, 2.75) is 6.54 Å². The number of benzene rings is 2. The molecule has 0 fully saturated rings. The Morgan fingerprint density at radius 2 is 1.67 bits per heavy atom. The van der Waals surface area contributed by atoms with Gasteiger partial charge in [-0.15, -0.1) is 0 Å². The number of methoxy groups -OCH3 is 3. The topological polar surface area (TPSA) is 85.5 Å². The van der Waals surface area contributed by atoms with Crippen LogP contribution in [0.15, 0.2) is 48.5 Å². The van der Waals surface area contributed by atoms with Gasteiger partial charge in [0.1, 0.15) is 22.9 Å². The summed E-state index contributed by atoms with van der Waals surface area (Å²) in [6.45, 7) is 0.302. The second kappa shape index (κ2) is 8.27. The van der Waals surface area contributed by atoms with Gasteiger partial charge in [-0.2, -0.15) is 5.10 Å². The van der Waals surface area contributed by atoms with E-state index < -0.39 is 0 Å². The fourth-order valence-corrected chi connectivity index (χ4v) is 2.64. The van der Waals surface area contributed by atoms with Crippen LogP contribution in [-0.4, -0.2) is 37.4 Å². The summed E-state index contributed by atoms with van der Waals surface area (Å²) in [6.07, 6.45) is 0. The Labute approximate surface area is 157 Å². The SMILES string of the molecule is COc1ccc(-c2cc(C(=O)NCc3cc(OC)ccc3OC)[nH]n2)cc1. The second-order valence-electron chi connectivity index (χ2n) is 5.76. The predicted molar refractivity (Wildman–Crippen MR) is 101 cm³/mol. The fraction of sp³-hybridized carbons (Fsp3) is 0.200. The largest absolute Gasteiger partial charge is 0.497 e. The molecule has 3 rings (SSSR count). The summed E-state index contributed by atoms with van der Waals surface area (Å²) in [5, 5.41) is 9.84. The number of carbonyl (C=O) groups excluding carboxylic acids is 1. The molecule has 2 aromatic carbocycles. The van der Waals surface area contributed by atoms with Crippen LogP contribution in [0.3, 0.4) is 0 Å². The molecule has 0 unspecified atom stereocenters. The molecule has 140 valence electrons. The highest BCUT2D eigenvalue weighted by Gasteiger charge is 2.13. The molecule has 0 aliphatic carbocycles. The van der Waals surface area contributed by atoms with Crippen molar-refractivity contribution in [2.75, 3.05) is 21.3 Å². The highest BCUT2D eigenvalue weighted by molar-refractivity contribution is 5.93. The molecular formula is C20H21N3O4. The van der Waals surface area contributed by atoms with Crippen LogP contribution in [0.4, 0.5) is 0 Å². The normalized spacial score (nSPS) is 10.3. The monoisotopic (exact) mass is 367 g/mol. The Balaban J connectivity index is 1.69. The van der Waals surface area contributed by atoms with Crippen molar-refractivity contribution in [3.63, 3.8) is 0 Å². The molecule has 0 bridgehead atoms. The maximum Gasteiger partial charge on any atom is 0.269 e. The van der Waals surface area contributed by atoms with Crippen molar-refractivity contribution in [1.82, 2.24) is 15.5 Å². The lowest BCUT2D eigenvalue weighted by Gasteiger charge is -2.11. The van der Waals surface area contributed by atoms with E-state index in [1.165, 1.54) is 0 Å². The fourth-order valence-electron chi connectivity index (χ4n) is 2.64.